The van der Waals surface area contributed by atoms with Crippen LogP contribution in [0.2, 0.25) is 0 Å². The van der Waals surface area contributed by atoms with E-state index < -0.39 is 10.1 Å². The first-order valence-electron chi connectivity index (χ1n) is 8.75. The molecule has 2 aliphatic rings. The highest BCUT2D eigenvalue weighted by molar-refractivity contribution is 8.26. The first-order valence-corrected chi connectivity index (χ1v) is 11.6. The Hall–Kier alpha value is -1.94. The standard InChI is InChI=1S/C19H20N2O4S3/c1-2-21-18(22)17(27-19(21)26)9-8-14-10-12-20(11-5-13-28(23,24)25)16-7-4-3-6-15(14)16/h3-4,6-10,12H,2,5,11,13H2,1H3,(H,23,24,25). The molecule has 1 saturated heterocycles. The van der Waals surface area contributed by atoms with Crippen LogP contribution >= 0.6 is 24.0 Å². The number of thioether (sulfide) groups is 1. The summed E-state index contributed by atoms with van der Waals surface area (Å²) in [5.41, 5.74) is 2.88. The maximum Gasteiger partial charge on any atom is 0.266 e. The van der Waals surface area contributed by atoms with Crippen LogP contribution in [0.5, 0.6) is 0 Å². The van der Waals surface area contributed by atoms with E-state index in [1.54, 1.807) is 11.0 Å². The van der Waals surface area contributed by atoms with Gasteiger partial charge < -0.3 is 4.90 Å². The molecule has 0 aromatic heterocycles. The van der Waals surface area contributed by atoms with Crippen molar-refractivity contribution in [3.63, 3.8) is 0 Å². The van der Waals surface area contributed by atoms with Gasteiger partial charge in [-0.1, -0.05) is 48.3 Å². The number of fused-ring (bicyclic) bond motifs is 1. The van der Waals surface area contributed by atoms with Crippen molar-refractivity contribution in [2.75, 3.05) is 23.7 Å². The van der Waals surface area contributed by atoms with Gasteiger partial charge in [0.2, 0.25) is 0 Å². The molecule has 1 aromatic carbocycles. The molecule has 0 bridgehead atoms. The smallest absolute Gasteiger partial charge is 0.266 e. The molecule has 9 heteroatoms. The van der Waals surface area contributed by atoms with Crippen LogP contribution in [-0.4, -0.2) is 46.9 Å². The zero-order valence-electron chi connectivity index (χ0n) is 15.2. The van der Waals surface area contributed by atoms with Gasteiger partial charge in [0.1, 0.15) is 4.32 Å². The highest BCUT2D eigenvalue weighted by Crippen LogP contribution is 2.34. The SMILES string of the molecule is CCN1C(=O)C(=CC=C2C=CN(CCCS(=O)(=O)O)c3ccccc32)SC1=S. The molecule has 0 saturated carbocycles. The second-order valence-electron chi connectivity index (χ2n) is 6.24. The fourth-order valence-corrected chi connectivity index (χ4v) is 4.84. The van der Waals surface area contributed by atoms with Crippen LogP contribution < -0.4 is 4.90 Å². The van der Waals surface area contributed by atoms with Gasteiger partial charge >= 0.3 is 0 Å². The number of benzene rings is 1. The van der Waals surface area contributed by atoms with Crippen molar-refractivity contribution in [3.8, 4) is 0 Å². The summed E-state index contributed by atoms with van der Waals surface area (Å²) < 4.78 is 31.4. The van der Waals surface area contributed by atoms with E-state index in [1.165, 1.54) is 11.8 Å². The van der Waals surface area contributed by atoms with Crippen LogP contribution in [0.1, 0.15) is 18.9 Å². The predicted molar refractivity (Wildman–Crippen MR) is 118 cm³/mol. The molecule has 1 aromatic rings. The first kappa shape index (κ1) is 20.8. The van der Waals surface area contributed by atoms with E-state index in [2.05, 4.69) is 0 Å². The van der Waals surface area contributed by atoms with E-state index in [1.807, 2.05) is 54.4 Å². The van der Waals surface area contributed by atoms with Gasteiger partial charge in [0, 0.05) is 30.5 Å². The second-order valence-corrected chi connectivity index (χ2v) is 9.48. The van der Waals surface area contributed by atoms with Crippen LogP contribution in [-0.2, 0) is 14.9 Å². The highest BCUT2D eigenvalue weighted by Gasteiger charge is 2.30. The van der Waals surface area contributed by atoms with Crippen molar-refractivity contribution < 1.29 is 17.8 Å². The van der Waals surface area contributed by atoms with Crippen LogP contribution in [0.3, 0.4) is 0 Å². The molecule has 2 heterocycles. The molecule has 0 radical (unpaired) electrons. The number of hydrogen-bond donors (Lipinski definition) is 1. The predicted octanol–water partition coefficient (Wildman–Crippen LogP) is 3.45. The maximum absolute atomic E-state index is 12.3. The van der Waals surface area contributed by atoms with Gasteiger partial charge in [0.25, 0.3) is 16.0 Å². The number of carbonyl (C=O) groups is 1. The number of amides is 1. The molecule has 1 amide bonds. The van der Waals surface area contributed by atoms with E-state index in [4.69, 9.17) is 16.8 Å². The summed E-state index contributed by atoms with van der Waals surface area (Å²) in [5, 5.41) is 0. The minimum Gasteiger partial charge on any atom is -0.347 e. The Kier molecular flexibility index (Phi) is 6.39. The number of carbonyl (C=O) groups excluding carboxylic acids is 1. The summed E-state index contributed by atoms with van der Waals surface area (Å²) in [5.74, 6) is -0.351. The van der Waals surface area contributed by atoms with Gasteiger partial charge in [0.05, 0.1) is 10.7 Å². The molecule has 6 nitrogen and oxygen atoms in total. The van der Waals surface area contributed by atoms with Gasteiger partial charge in [0.15, 0.2) is 0 Å². The van der Waals surface area contributed by atoms with Crippen molar-refractivity contribution in [3.05, 3.63) is 59.2 Å². The fraction of sp³-hybridized carbons (Fsp3) is 0.263. The lowest BCUT2D eigenvalue weighted by Gasteiger charge is -2.27. The number of para-hydroxylation sites is 1. The van der Waals surface area contributed by atoms with Gasteiger partial charge in [-0.25, -0.2) is 0 Å². The molecule has 0 unspecified atom stereocenters. The Balaban J connectivity index is 1.82. The van der Waals surface area contributed by atoms with E-state index in [9.17, 15) is 13.2 Å². The van der Waals surface area contributed by atoms with E-state index in [0.29, 0.717) is 28.7 Å². The number of allylic oxidation sites excluding steroid dienone is 4. The van der Waals surface area contributed by atoms with Crippen LogP contribution in [0, 0.1) is 0 Å². The van der Waals surface area contributed by atoms with Crippen molar-refractivity contribution >= 4 is 55.6 Å². The maximum atomic E-state index is 12.3. The number of nitrogens with zero attached hydrogens (tertiary/aromatic N) is 2. The Morgan fingerprint density at radius 3 is 2.68 bits per heavy atom. The van der Waals surface area contributed by atoms with Crippen molar-refractivity contribution in [2.45, 2.75) is 13.3 Å². The fourth-order valence-electron chi connectivity index (χ4n) is 3.02. The number of thiocarbonyl (C=S) groups is 1. The molecule has 1 fully saturated rings. The Bertz CT molecular complexity index is 996. The van der Waals surface area contributed by atoms with E-state index in [0.717, 1.165) is 16.8 Å². The lowest BCUT2D eigenvalue weighted by atomic mass is 9.99. The van der Waals surface area contributed by atoms with Crippen molar-refractivity contribution in [1.29, 1.82) is 0 Å². The summed E-state index contributed by atoms with van der Waals surface area (Å²) >= 11 is 6.53. The number of rotatable bonds is 6. The zero-order valence-corrected chi connectivity index (χ0v) is 17.7. The monoisotopic (exact) mass is 436 g/mol. The number of anilines is 1. The first-order chi connectivity index (χ1) is 13.3. The van der Waals surface area contributed by atoms with Crippen LogP contribution in [0.4, 0.5) is 5.69 Å². The molecule has 3 rings (SSSR count). The van der Waals surface area contributed by atoms with Crippen molar-refractivity contribution in [2.24, 2.45) is 0 Å². The summed E-state index contributed by atoms with van der Waals surface area (Å²) in [4.78, 5) is 16.5. The number of hydrogen-bond acceptors (Lipinski definition) is 6. The molecule has 0 atom stereocenters. The lowest BCUT2D eigenvalue weighted by Crippen LogP contribution is -2.27. The normalized spacial score (nSPS) is 19.8. The Morgan fingerprint density at radius 1 is 1.25 bits per heavy atom. The molecule has 2 aliphatic heterocycles. The number of likely N-dealkylation sites (N-methyl/N-ethyl adjacent to an activating group) is 1. The molecular formula is C19H20N2O4S3. The molecule has 1 N–H and O–H groups in total. The van der Waals surface area contributed by atoms with E-state index >= 15 is 0 Å². The lowest BCUT2D eigenvalue weighted by molar-refractivity contribution is -0.122. The molecule has 28 heavy (non-hydrogen) atoms. The van der Waals surface area contributed by atoms with Gasteiger partial charge in [-0.2, -0.15) is 8.42 Å². The third-order valence-electron chi connectivity index (χ3n) is 4.36. The van der Waals surface area contributed by atoms with Gasteiger partial charge in [-0.05, 0) is 37.1 Å². The summed E-state index contributed by atoms with van der Waals surface area (Å²) in [7, 11) is -3.97. The minimum absolute atomic E-state index is 0.0748. The summed E-state index contributed by atoms with van der Waals surface area (Å²) in [6, 6.07) is 7.78. The highest BCUT2D eigenvalue weighted by atomic mass is 32.2. The van der Waals surface area contributed by atoms with E-state index in [-0.39, 0.29) is 11.7 Å². The topological polar surface area (TPSA) is 77.9 Å². The third-order valence-corrected chi connectivity index (χ3v) is 6.56. The average Bonchev–Trinajstić information content (AvgIpc) is 2.92. The molecule has 148 valence electrons. The van der Waals surface area contributed by atoms with Gasteiger partial charge in [-0.3, -0.25) is 14.2 Å². The third kappa shape index (κ3) is 4.72. The van der Waals surface area contributed by atoms with Crippen molar-refractivity contribution in [1.82, 2.24) is 4.90 Å². The summed E-state index contributed by atoms with van der Waals surface area (Å²) in [6.07, 6.45) is 7.80. The second kappa shape index (κ2) is 8.60. The molecule has 0 aliphatic carbocycles. The summed E-state index contributed by atoms with van der Waals surface area (Å²) in [6.45, 7) is 2.92. The molecular weight excluding hydrogens is 416 g/mol. The Labute approximate surface area is 174 Å². The molecule has 0 spiro atoms. The average molecular weight is 437 g/mol. The van der Waals surface area contributed by atoms with Crippen LogP contribution in [0.25, 0.3) is 5.57 Å². The zero-order chi connectivity index (χ0) is 20.3. The van der Waals surface area contributed by atoms with Gasteiger partial charge in [-0.15, -0.1) is 0 Å². The Morgan fingerprint density at radius 2 is 2.00 bits per heavy atom. The van der Waals surface area contributed by atoms with Crippen LogP contribution in [0.15, 0.2) is 53.6 Å². The largest absolute Gasteiger partial charge is 0.347 e. The minimum atomic E-state index is -3.97. The quantitative estimate of drug-likeness (QED) is 0.416.